The molecule has 10 nitrogen and oxygen atoms in total. The van der Waals surface area contributed by atoms with Gasteiger partial charge in [-0.2, -0.15) is 0 Å². The van der Waals surface area contributed by atoms with Crippen LogP contribution < -0.4 is 0 Å². The van der Waals surface area contributed by atoms with Crippen LogP contribution >= 0.6 is 0 Å². The number of hydrogen-bond acceptors (Lipinski definition) is 10. The molecule has 0 spiro atoms. The minimum absolute atomic E-state index is 0.181. The SMILES string of the molecule is CCC/C=C/C/C=C/C/C=C/C/C=C/CCCCCC(=O)O[C@@H](COC(=O)CCC/C=C/CC/C=C/CCCCCCCCCCCCCCCC)CO[C@H]1O[C@@H](CO)[C@@H](O)C(O)C1O. The second-order valence-corrected chi connectivity index (χ2v) is 17.6. The monoisotopic (exact) mass is 915 g/mol. The van der Waals surface area contributed by atoms with Crippen LogP contribution in [0.15, 0.2) is 72.9 Å². The second kappa shape index (κ2) is 44.9. The van der Waals surface area contributed by atoms with E-state index in [9.17, 15) is 30.0 Å². The van der Waals surface area contributed by atoms with Crippen molar-refractivity contribution < 1.29 is 49.0 Å². The number of aliphatic hydroxyl groups is 4. The fraction of sp³-hybridized carbons (Fsp3) is 0.745. The fourth-order valence-electron chi connectivity index (χ4n) is 7.43. The van der Waals surface area contributed by atoms with Crippen molar-refractivity contribution in [2.75, 3.05) is 19.8 Å². The van der Waals surface area contributed by atoms with Gasteiger partial charge in [-0.05, 0) is 83.5 Å². The number of rotatable bonds is 43. The van der Waals surface area contributed by atoms with Crippen LogP contribution in [0.4, 0.5) is 0 Å². The van der Waals surface area contributed by atoms with E-state index in [1.807, 2.05) is 0 Å². The van der Waals surface area contributed by atoms with Crippen molar-refractivity contribution in [1.29, 1.82) is 0 Å². The van der Waals surface area contributed by atoms with Crippen molar-refractivity contribution in [3.05, 3.63) is 72.9 Å². The van der Waals surface area contributed by atoms with Gasteiger partial charge >= 0.3 is 11.9 Å². The number of aliphatic hydroxyl groups excluding tert-OH is 4. The first-order chi connectivity index (χ1) is 31.8. The van der Waals surface area contributed by atoms with E-state index >= 15 is 0 Å². The lowest BCUT2D eigenvalue weighted by molar-refractivity contribution is -0.305. The Morgan fingerprint density at radius 3 is 1.46 bits per heavy atom. The molecular formula is C55H94O10. The lowest BCUT2D eigenvalue weighted by atomic mass is 9.99. The predicted octanol–water partition coefficient (Wildman–Crippen LogP) is 12.3. The third-order valence-electron chi connectivity index (χ3n) is 11.5. The van der Waals surface area contributed by atoms with Gasteiger partial charge in [0.25, 0.3) is 0 Å². The van der Waals surface area contributed by atoms with E-state index in [1.54, 1.807) is 0 Å². The Bertz CT molecular complexity index is 1290. The highest BCUT2D eigenvalue weighted by Gasteiger charge is 2.44. The molecule has 1 heterocycles. The molecule has 0 aliphatic carbocycles. The molecule has 65 heavy (non-hydrogen) atoms. The summed E-state index contributed by atoms with van der Waals surface area (Å²) in [5, 5.41) is 40.2. The van der Waals surface area contributed by atoms with E-state index in [4.69, 9.17) is 18.9 Å². The Balaban J connectivity index is 2.30. The molecule has 1 aliphatic heterocycles. The predicted molar refractivity (Wildman–Crippen MR) is 265 cm³/mol. The maximum absolute atomic E-state index is 12.8. The normalized spacial score (nSPS) is 19.9. The van der Waals surface area contributed by atoms with Gasteiger partial charge in [0, 0.05) is 12.8 Å². The number of carbonyl (C=O) groups excluding carboxylic acids is 2. The molecule has 1 fully saturated rings. The summed E-state index contributed by atoms with van der Waals surface area (Å²) in [6.45, 7) is 3.30. The zero-order valence-electron chi connectivity index (χ0n) is 41.0. The first-order valence-electron chi connectivity index (χ1n) is 26.0. The molecule has 10 heteroatoms. The smallest absolute Gasteiger partial charge is 0.306 e. The number of allylic oxidation sites excluding steroid dienone is 12. The van der Waals surface area contributed by atoms with Crippen molar-refractivity contribution in [2.45, 2.75) is 243 Å². The van der Waals surface area contributed by atoms with Crippen LogP contribution in [0.3, 0.4) is 0 Å². The summed E-state index contributed by atoms with van der Waals surface area (Å²) in [6.07, 6.45) is 50.7. The maximum atomic E-state index is 12.8. The summed E-state index contributed by atoms with van der Waals surface area (Å²) in [5.41, 5.74) is 0. The molecule has 1 saturated heterocycles. The van der Waals surface area contributed by atoms with E-state index in [2.05, 4.69) is 86.8 Å². The Kier molecular flexibility index (Phi) is 41.6. The summed E-state index contributed by atoms with van der Waals surface area (Å²) in [6, 6.07) is 0. The molecule has 0 saturated carbocycles. The van der Waals surface area contributed by atoms with Crippen LogP contribution in [-0.4, -0.2) is 89.0 Å². The van der Waals surface area contributed by atoms with Gasteiger partial charge in [-0.25, -0.2) is 0 Å². The fourth-order valence-corrected chi connectivity index (χ4v) is 7.43. The lowest BCUT2D eigenvalue weighted by Gasteiger charge is -2.39. The molecule has 0 amide bonds. The summed E-state index contributed by atoms with van der Waals surface area (Å²) in [7, 11) is 0. The molecule has 1 aliphatic rings. The second-order valence-electron chi connectivity index (χ2n) is 17.6. The molecule has 0 aromatic heterocycles. The van der Waals surface area contributed by atoms with Gasteiger partial charge in [0.15, 0.2) is 12.4 Å². The zero-order valence-corrected chi connectivity index (χ0v) is 41.0. The highest BCUT2D eigenvalue weighted by Crippen LogP contribution is 2.23. The molecule has 0 bridgehead atoms. The van der Waals surface area contributed by atoms with Crippen LogP contribution in [0.5, 0.6) is 0 Å². The van der Waals surface area contributed by atoms with Crippen molar-refractivity contribution in [3.8, 4) is 0 Å². The Morgan fingerprint density at radius 1 is 0.477 bits per heavy atom. The minimum Gasteiger partial charge on any atom is -0.462 e. The average molecular weight is 915 g/mol. The van der Waals surface area contributed by atoms with Crippen molar-refractivity contribution in [3.63, 3.8) is 0 Å². The largest absolute Gasteiger partial charge is 0.462 e. The molecule has 0 aromatic rings. The molecule has 0 radical (unpaired) electrons. The van der Waals surface area contributed by atoms with Gasteiger partial charge < -0.3 is 39.4 Å². The van der Waals surface area contributed by atoms with Gasteiger partial charge in [-0.15, -0.1) is 0 Å². The Morgan fingerprint density at radius 2 is 0.923 bits per heavy atom. The number of hydrogen-bond donors (Lipinski definition) is 4. The molecule has 0 aromatic carbocycles. The van der Waals surface area contributed by atoms with E-state index in [-0.39, 0.29) is 26.1 Å². The summed E-state index contributed by atoms with van der Waals surface area (Å²) >= 11 is 0. The van der Waals surface area contributed by atoms with Crippen molar-refractivity contribution in [2.24, 2.45) is 0 Å². The number of ether oxygens (including phenoxy) is 4. The van der Waals surface area contributed by atoms with Crippen molar-refractivity contribution in [1.82, 2.24) is 0 Å². The Hall–Kier alpha value is -2.86. The van der Waals surface area contributed by atoms with E-state index < -0.39 is 55.4 Å². The number of esters is 2. The standard InChI is InChI=1S/C55H94O10/c1-3-5-7-9-11-13-15-17-19-21-22-23-24-25-26-28-29-31-33-35-37-39-41-43-50(57)62-46-48(47-63-55-54(61)53(60)52(59)49(45-56)65-55)64-51(58)44-42-40-38-36-34-32-30-27-20-18-16-14-12-10-8-6-4-2/h8,10,14,16,20,27-29,32,34-35,37,48-49,52-56,59-61H,3-7,9,11-13,15,17-19,21-26,30-31,33,36,38-47H2,1-2H3/b10-8+,16-14+,27-20+,29-28+,34-32+,37-35+/t48-,49-,52+,53?,54?,55-/m0/s1. The number of carbonyl (C=O) groups is 2. The average Bonchev–Trinajstić information content (AvgIpc) is 3.30. The van der Waals surface area contributed by atoms with E-state index in [1.165, 1.54) is 96.3 Å². The van der Waals surface area contributed by atoms with Crippen LogP contribution in [0.1, 0.15) is 206 Å². The topological polar surface area (TPSA) is 152 Å². The first kappa shape index (κ1) is 60.2. The van der Waals surface area contributed by atoms with E-state index in [0.29, 0.717) is 12.8 Å². The minimum atomic E-state index is -1.61. The van der Waals surface area contributed by atoms with Crippen LogP contribution in [-0.2, 0) is 28.5 Å². The highest BCUT2D eigenvalue weighted by molar-refractivity contribution is 5.70. The van der Waals surface area contributed by atoms with Crippen LogP contribution in [0, 0.1) is 0 Å². The van der Waals surface area contributed by atoms with Crippen molar-refractivity contribution >= 4 is 11.9 Å². The molecule has 4 N–H and O–H groups in total. The zero-order chi connectivity index (χ0) is 47.3. The highest BCUT2D eigenvalue weighted by atomic mass is 16.7. The lowest BCUT2D eigenvalue weighted by Crippen LogP contribution is -2.59. The van der Waals surface area contributed by atoms with Gasteiger partial charge in [0.1, 0.15) is 31.0 Å². The van der Waals surface area contributed by atoms with Gasteiger partial charge in [0.2, 0.25) is 0 Å². The summed E-state index contributed by atoms with van der Waals surface area (Å²) in [5.74, 6) is -0.894. The first-order valence-corrected chi connectivity index (χ1v) is 26.0. The molecule has 1 rings (SSSR count). The molecular weight excluding hydrogens is 821 g/mol. The number of unbranched alkanes of at least 4 members (excludes halogenated alkanes) is 20. The van der Waals surface area contributed by atoms with Gasteiger partial charge in [0.05, 0.1) is 13.2 Å². The van der Waals surface area contributed by atoms with Gasteiger partial charge in [-0.3, -0.25) is 9.59 Å². The Labute approximate surface area is 395 Å². The quantitative estimate of drug-likeness (QED) is 0.0264. The molecule has 2 unspecified atom stereocenters. The summed E-state index contributed by atoms with van der Waals surface area (Å²) < 4.78 is 22.2. The maximum Gasteiger partial charge on any atom is 0.306 e. The third kappa shape index (κ3) is 35.9. The molecule has 6 atom stereocenters. The van der Waals surface area contributed by atoms with Crippen LogP contribution in [0.2, 0.25) is 0 Å². The summed E-state index contributed by atoms with van der Waals surface area (Å²) in [4.78, 5) is 25.4. The molecule has 374 valence electrons. The van der Waals surface area contributed by atoms with E-state index in [0.717, 1.165) is 70.6 Å². The third-order valence-corrected chi connectivity index (χ3v) is 11.5. The van der Waals surface area contributed by atoms with Gasteiger partial charge in [-0.1, -0.05) is 183 Å². The van der Waals surface area contributed by atoms with Crippen LogP contribution in [0.25, 0.3) is 0 Å².